The number of hydrogen-bond acceptors (Lipinski definition) is 5. The highest BCUT2D eigenvalue weighted by atomic mass is 16.5. The second-order valence-electron chi connectivity index (χ2n) is 24.9. The molecule has 0 aromatic carbocycles. The maximum Gasteiger partial charge on any atom is 0.305 e. The van der Waals surface area contributed by atoms with Gasteiger partial charge in [-0.15, -0.1) is 0 Å². The molecule has 2 atom stereocenters. The maximum absolute atomic E-state index is 12.5. The minimum Gasteiger partial charge on any atom is -0.466 e. The molecular formula is C74H141NO5. The van der Waals surface area contributed by atoms with Gasteiger partial charge in [0.2, 0.25) is 5.91 Å². The Balaban J connectivity index is 3.34. The van der Waals surface area contributed by atoms with Crippen molar-refractivity contribution in [2.24, 2.45) is 0 Å². The van der Waals surface area contributed by atoms with E-state index in [2.05, 4.69) is 43.5 Å². The average molecular weight is 1120 g/mol. The van der Waals surface area contributed by atoms with E-state index in [1.807, 2.05) is 6.08 Å². The van der Waals surface area contributed by atoms with Crippen LogP contribution in [0.4, 0.5) is 0 Å². The Bertz CT molecular complexity index is 1300. The molecule has 0 rings (SSSR count). The zero-order chi connectivity index (χ0) is 57.8. The zero-order valence-corrected chi connectivity index (χ0v) is 54.1. The molecule has 2 unspecified atom stereocenters. The predicted molar refractivity (Wildman–Crippen MR) is 352 cm³/mol. The van der Waals surface area contributed by atoms with Gasteiger partial charge < -0.3 is 20.3 Å². The van der Waals surface area contributed by atoms with Crippen molar-refractivity contribution in [3.05, 3.63) is 36.5 Å². The lowest BCUT2D eigenvalue weighted by atomic mass is 10.0. The molecule has 3 N–H and O–H groups in total. The molecule has 6 nitrogen and oxygen atoms in total. The van der Waals surface area contributed by atoms with Gasteiger partial charge >= 0.3 is 5.97 Å². The summed E-state index contributed by atoms with van der Waals surface area (Å²) in [6.45, 7) is 4.91. The van der Waals surface area contributed by atoms with Crippen molar-refractivity contribution in [1.82, 2.24) is 5.32 Å². The first-order valence-electron chi connectivity index (χ1n) is 36.3. The fraction of sp³-hybridized carbons (Fsp3) is 0.892. The normalized spacial score (nSPS) is 12.7. The summed E-state index contributed by atoms with van der Waals surface area (Å²) >= 11 is 0. The molecule has 0 spiro atoms. The van der Waals surface area contributed by atoms with Crippen molar-refractivity contribution in [3.63, 3.8) is 0 Å². The lowest BCUT2D eigenvalue weighted by molar-refractivity contribution is -0.143. The number of unbranched alkanes of at least 4 members (excludes halogenated alkanes) is 53. The average Bonchev–Trinajstić information content (AvgIpc) is 3.46. The van der Waals surface area contributed by atoms with Gasteiger partial charge in [-0.1, -0.05) is 359 Å². The van der Waals surface area contributed by atoms with Crippen molar-refractivity contribution in [3.8, 4) is 0 Å². The minimum atomic E-state index is -0.842. The van der Waals surface area contributed by atoms with Gasteiger partial charge in [0.05, 0.1) is 25.4 Å². The van der Waals surface area contributed by atoms with E-state index in [1.165, 1.54) is 321 Å². The van der Waals surface area contributed by atoms with Crippen molar-refractivity contribution >= 4 is 11.9 Å². The summed E-state index contributed by atoms with van der Waals surface area (Å²) in [5, 5.41) is 23.2. The van der Waals surface area contributed by atoms with Gasteiger partial charge in [0.15, 0.2) is 0 Å². The molecule has 0 radical (unpaired) electrons. The summed E-state index contributed by atoms with van der Waals surface area (Å²) < 4.78 is 5.51. The molecule has 472 valence electrons. The molecule has 0 saturated heterocycles. The Labute approximate surface area is 500 Å². The van der Waals surface area contributed by atoms with Crippen LogP contribution in [0.15, 0.2) is 36.5 Å². The summed E-state index contributed by atoms with van der Waals surface area (Å²) in [4.78, 5) is 24.6. The van der Waals surface area contributed by atoms with E-state index >= 15 is 0 Å². The molecule has 0 bridgehead atoms. The fourth-order valence-electron chi connectivity index (χ4n) is 11.4. The first-order valence-corrected chi connectivity index (χ1v) is 36.3. The van der Waals surface area contributed by atoms with Crippen LogP contribution >= 0.6 is 0 Å². The number of amides is 1. The smallest absolute Gasteiger partial charge is 0.305 e. The fourth-order valence-corrected chi connectivity index (χ4v) is 11.4. The highest BCUT2D eigenvalue weighted by molar-refractivity contribution is 5.76. The highest BCUT2D eigenvalue weighted by Gasteiger charge is 2.18. The van der Waals surface area contributed by atoms with E-state index in [4.69, 9.17) is 4.74 Å². The molecule has 0 saturated carbocycles. The van der Waals surface area contributed by atoms with Gasteiger partial charge in [0, 0.05) is 12.8 Å². The molecule has 6 heteroatoms. The third-order valence-corrected chi connectivity index (χ3v) is 16.9. The summed E-state index contributed by atoms with van der Waals surface area (Å²) in [5.41, 5.74) is 0. The van der Waals surface area contributed by atoms with Crippen molar-refractivity contribution in [1.29, 1.82) is 0 Å². The van der Waals surface area contributed by atoms with Crippen LogP contribution < -0.4 is 5.32 Å². The van der Waals surface area contributed by atoms with Crippen LogP contribution in [0, 0.1) is 0 Å². The molecule has 0 aliphatic heterocycles. The summed E-state index contributed by atoms with van der Waals surface area (Å²) in [5.74, 6) is -0.0463. The zero-order valence-electron chi connectivity index (χ0n) is 54.1. The van der Waals surface area contributed by atoms with Crippen molar-refractivity contribution in [2.45, 2.75) is 411 Å². The predicted octanol–water partition coefficient (Wildman–Crippen LogP) is 23.5. The largest absolute Gasteiger partial charge is 0.466 e. The SMILES string of the molecule is CCCCC/C=C\C/C=C\CCCCCCCCCCCC(=O)OCCCCCCCCCCCCCCCCCCCCCCCCCCCCCCCC(=O)NC(CO)C(O)/C=C/CCCCCCCCCCCCCCC. The first kappa shape index (κ1) is 78.1. The summed E-state index contributed by atoms with van der Waals surface area (Å²) in [6, 6.07) is -0.625. The lowest BCUT2D eigenvalue weighted by Gasteiger charge is -2.20. The number of allylic oxidation sites excluding steroid dienone is 5. The number of carbonyl (C=O) groups excluding carboxylic acids is 2. The van der Waals surface area contributed by atoms with Crippen molar-refractivity contribution < 1.29 is 24.5 Å². The molecule has 0 aromatic rings. The van der Waals surface area contributed by atoms with Crippen LogP contribution in [0.25, 0.3) is 0 Å². The van der Waals surface area contributed by atoms with Gasteiger partial charge in [0.1, 0.15) is 0 Å². The summed E-state index contributed by atoms with van der Waals surface area (Å²) in [7, 11) is 0. The van der Waals surface area contributed by atoms with E-state index in [0.29, 0.717) is 19.4 Å². The first-order chi connectivity index (χ1) is 39.5. The lowest BCUT2D eigenvalue weighted by Crippen LogP contribution is -2.45. The molecule has 80 heavy (non-hydrogen) atoms. The number of aliphatic hydroxyl groups excluding tert-OH is 2. The standard InChI is InChI=1S/C74H141NO5/c1-3-5-7-9-11-13-15-17-19-20-32-36-40-44-48-52-56-60-64-68-74(79)80-69-65-61-57-53-49-45-41-37-34-31-29-27-25-23-21-22-24-26-28-30-33-35-39-43-47-51-55-59-63-67-73(78)75-71(70-76)72(77)66-62-58-54-50-46-42-38-18-16-14-12-10-8-6-4-2/h11,13,17,19,62,66,71-72,76-77H,3-10,12,14-16,18,20-61,63-65,67-70H2,1-2H3,(H,75,78)/b13-11-,19-17-,66-62+. The van der Waals surface area contributed by atoms with Crippen LogP contribution in [0.5, 0.6) is 0 Å². The van der Waals surface area contributed by atoms with E-state index < -0.39 is 12.1 Å². The Morgan fingerprint density at radius 1 is 0.350 bits per heavy atom. The van der Waals surface area contributed by atoms with Crippen LogP contribution in [0.2, 0.25) is 0 Å². The van der Waals surface area contributed by atoms with Gasteiger partial charge in [-0.25, -0.2) is 0 Å². The van der Waals surface area contributed by atoms with E-state index in [9.17, 15) is 19.8 Å². The number of esters is 1. The van der Waals surface area contributed by atoms with Gasteiger partial charge in [-0.05, 0) is 64.2 Å². The Morgan fingerprint density at radius 3 is 0.975 bits per heavy atom. The molecule has 0 aliphatic carbocycles. The van der Waals surface area contributed by atoms with E-state index in [0.717, 1.165) is 51.4 Å². The van der Waals surface area contributed by atoms with Crippen LogP contribution in [0.1, 0.15) is 399 Å². The van der Waals surface area contributed by atoms with Crippen LogP contribution in [-0.4, -0.2) is 47.4 Å². The molecule has 1 amide bonds. The van der Waals surface area contributed by atoms with Gasteiger partial charge in [-0.2, -0.15) is 0 Å². The monoisotopic (exact) mass is 1120 g/mol. The number of carbonyl (C=O) groups is 2. The Kier molecular flexibility index (Phi) is 67.9. The van der Waals surface area contributed by atoms with Gasteiger partial charge in [-0.3, -0.25) is 9.59 Å². The third kappa shape index (κ3) is 65.2. The molecule has 0 aromatic heterocycles. The molecule has 0 heterocycles. The third-order valence-electron chi connectivity index (χ3n) is 16.9. The number of rotatable bonds is 68. The Hall–Kier alpha value is -1.92. The Morgan fingerprint density at radius 2 is 0.625 bits per heavy atom. The topological polar surface area (TPSA) is 95.9 Å². The molecule has 0 aliphatic rings. The number of hydrogen-bond donors (Lipinski definition) is 3. The second-order valence-corrected chi connectivity index (χ2v) is 24.9. The number of nitrogens with one attached hydrogen (secondary N) is 1. The molecule has 0 fully saturated rings. The quantitative estimate of drug-likeness (QED) is 0.0320. The summed E-state index contributed by atoms with van der Waals surface area (Å²) in [6.07, 6.45) is 89.5. The molecular weight excluding hydrogens is 983 g/mol. The second kappa shape index (κ2) is 69.6. The van der Waals surface area contributed by atoms with Gasteiger partial charge in [0.25, 0.3) is 0 Å². The van der Waals surface area contributed by atoms with Crippen LogP contribution in [-0.2, 0) is 14.3 Å². The van der Waals surface area contributed by atoms with Crippen LogP contribution in [0.3, 0.4) is 0 Å². The number of aliphatic hydroxyl groups is 2. The van der Waals surface area contributed by atoms with E-state index in [-0.39, 0.29) is 18.5 Å². The minimum absolute atomic E-state index is 0.0158. The number of ether oxygens (including phenoxy) is 1. The maximum atomic E-state index is 12.5. The van der Waals surface area contributed by atoms with E-state index in [1.54, 1.807) is 6.08 Å². The highest BCUT2D eigenvalue weighted by Crippen LogP contribution is 2.19. The van der Waals surface area contributed by atoms with Crippen molar-refractivity contribution in [2.75, 3.05) is 13.2 Å².